The number of hydrogen-bond donors (Lipinski definition) is 2. The third kappa shape index (κ3) is 1.22. The number of nitrogens with one attached hydrogen (secondary N) is 1. The molecule has 0 spiro atoms. The van der Waals surface area contributed by atoms with Crippen molar-refractivity contribution in [2.45, 2.75) is 0 Å². The van der Waals surface area contributed by atoms with Crippen molar-refractivity contribution in [2.75, 3.05) is 5.73 Å². The van der Waals surface area contributed by atoms with Gasteiger partial charge in [-0.05, 0) is 6.07 Å². The van der Waals surface area contributed by atoms with Gasteiger partial charge in [0, 0.05) is 34.2 Å². The number of nitrogens with two attached hydrogens (primary N) is 1. The van der Waals surface area contributed by atoms with Crippen LogP contribution in [0.3, 0.4) is 0 Å². The third-order valence-corrected chi connectivity index (χ3v) is 3.96. The number of thiazole rings is 1. The Labute approximate surface area is 107 Å². The smallest absolute Gasteiger partial charge is 0.195 e. The zero-order valence-corrected chi connectivity index (χ0v) is 10.2. The van der Waals surface area contributed by atoms with Crippen LogP contribution in [0.4, 0.5) is 5.82 Å². The van der Waals surface area contributed by atoms with Gasteiger partial charge in [-0.1, -0.05) is 18.2 Å². The van der Waals surface area contributed by atoms with Crippen molar-refractivity contribution in [3.63, 3.8) is 0 Å². The molecular weight excluding hydrogens is 244 g/mol. The number of nitrogen functional groups attached to an aromatic ring is 1. The van der Waals surface area contributed by atoms with Gasteiger partial charge in [0.15, 0.2) is 4.96 Å². The zero-order valence-electron chi connectivity index (χ0n) is 9.42. The minimum atomic E-state index is 0.730. The van der Waals surface area contributed by atoms with Crippen LogP contribution in [0.1, 0.15) is 0 Å². The predicted octanol–water partition coefficient (Wildman–Crippen LogP) is 3.13. The van der Waals surface area contributed by atoms with Gasteiger partial charge >= 0.3 is 0 Å². The van der Waals surface area contributed by atoms with E-state index in [2.05, 4.69) is 22.1 Å². The number of para-hydroxylation sites is 1. The normalized spacial score (nSPS) is 11.6. The summed E-state index contributed by atoms with van der Waals surface area (Å²) in [6.07, 6.45) is 3.98. The molecule has 4 aromatic rings. The topological polar surface area (TPSA) is 59.1 Å². The fourth-order valence-corrected chi connectivity index (χ4v) is 2.98. The van der Waals surface area contributed by atoms with Crippen molar-refractivity contribution in [1.82, 2.24) is 14.4 Å². The standard InChI is InChI=1S/C13H10N4S/c14-12-7-18-13-16-11(6-17(12)13)9-5-15-10-4-2-1-3-8(9)10/h1-7,15H,14H2. The Bertz CT molecular complexity index is 852. The van der Waals surface area contributed by atoms with Crippen molar-refractivity contribution < 1.29 is 0 Å². The lowest BCUT2D eigenvalue weighted by molar-refractivity contribution is 1.24. The summed E-state index contributed by atoms with van der Waals surface area (Å²) in [5, 5.41) is 3.09. The second-order valence-corrected chi connectivity index (χ2v) is 5.02. The van der Waals surface area contributed by atoms with Crippen molar-refractivity contribution >= 4 is 33.0 Å². The van der Waals surface area contributed by atoms with Gasteiger partial charge < -0.3 is 10.7 Å². The summed E-state index contributed by atoms with van der Waals surface area (Å²) >= 11 is 1.55. The number of benzene rings is 1. The highest BCUT2D eigenvalue weighted by Gasteiger charge is 2.11. The Morgan fingerprint density at radius 2 is 2.17 bits per heavy atom. The van der Waals surface area contributed by atoms with Crippen LogP contribution < -0.4 is 5.73 Å². The number of hydrogen-bond acceptors (Lipinski definition) is 3. The molecule has 3 heterocycles. The molecule has 1 aromatic carbocycles. The zero-order chi connectivity index (χ0) is 12.1. The second-order valence-electron chi connectivity index (χ2n) is 4.19. The molecule has 0 aliphatic carbocycles. The number of H-pyrrole nitrogens is 1. The van der Waals surface area contributed by atoms with Crippen LogP contribution in [-0.4, -0.2) is 14.4 Å². The van der Waals surface area contributed by atoms with Crippen LogP contribution in [0.15, 0.2) is 42.0 Å². The molecule has 0 bridgehead atoms. The van der Waals surface area contributed by atoms with E-state index in [1.807, 2.05) is 34.3 Å². The first kappa shape index (κ1) is 9.73. The third-order valence-electron chi connectivity index (χ3n) is 3.10. The van der Waals surface area contributed by atoms with E-state index in [1.54, 1.807) is 11.3 Å². The second kappa shape index (κ2) is 3.36. The molecule has 0 saturated heterocycles. The van der Waals surface area contributed by atoms with Crippen LogP contribution >= 0.6 is 11.3 Å². The predicted molar refractivity (Wildman–Crippen MR) is 74.8 cm³/mol. The molecule has 4 nitrogen and oxygen atoms in total. The highest BCUT2D eigenvalue weighted by atomic mass is 32.1. The van der Waals surface area contributed by atoms with Crippen LogP contribution in [0, 0.1) is 0 Å². The first-order valence-corrected chi connectivity index (χ1v) is 6.49. The molecule has 0 unspecified atom stereocenters. The monoisotopic (exact) mass is 254 g/mol. The molecule has 18 heavy (non-hydrogen) atoms. The lowest BCUT2D eigenvalue weighted by atomic mass is 10.1. The van der Waals surface area contributed by atoms with E-state index in [0.717, 1.165) is 27.6 Å². The average molecular weight is 254 g/mol. The summed E-state index contributed by atoms with van der Waals surface area (Å²) in [6.45, 7) is 0. The summed E-state index contributed by atoms with van der Waals surface area (Å²) < 4.78 is 1.92. The quantitative estimate of drug-likeness (QED) is 0.548. The Kier molecular flexibility index (Phi) is 1.82. The maximum Gasteiger partial charge on any atom is 0.195 e. The lowest BCUT2D eigenvalue weighted by Crippen LogP contribution is -1.87. The van der Waals surface area contributed by atoms with Gasteiger partial charge in [0.1, 0.15) is 5.82 Å². The van der Waals surface area contributed by atoms with Gasteiger partial charge in [-0.2, -0.15) is 0 Å². The number of aromatic amines is 1. The lowest BCUT2D eigenvalue weighted by Gasteiger charge is -1.93. The van der Waals surface area contributed by atoms with E-state index < -0.39 is 0 Å². The van der Waals surface area contributed by atoms with Gasteiger partial charge in [-0.3, -0.25) is 4.40 Å². The summed E-state index contributed by atoms with van der Waals surface area (Å²) in [7, 11) is 0. The largest absolute Gasteiger partial charge is 0.384 e. The maximum absolute atomic E-state index is 5.88. The summed E-state index contributed by atoms with van der Waals surface area (Å²) in [5.41, 5.74) is 9.07. The molecule has 3 N–H and O–H groups in total. The number of imidazole rings is 1. The van der Waals surface area contributed by atoms with Gasteiger partial charge in [0.25, 0.3) is 0 Å². The van der Waals surface area contributed by atoms with Gasteiger partial charge in [0.2, 0.25) is 0 Å². The van der Waals surface area contributed by atoms with Gasteiger partial charge in [-0.15, -0.1) is 11.3 Å². The number of anilines is 1. The fourth-order valence-electron chi connectivity index (χ4n) is 2.21. The molecule has 4 rings (SSSR count). The number of rotatable bonds is 1. The maximum atomic E-state index is 5.88. The van der Waals surface area contributed by atoms with Crippen molar-refractivity contribution in [3.05, 3.63) is 42.0 Å². The molecule has 0 aliphatic heterocycles. The molecule has 5 heteroatoms. The highest BCUT2D eigenvalue weighted by Crippen LogP contribution is 2.30. The summed E-state index contributed by atoms with van der Waals surface area (Å²) in [5.74, 6) is 0.730. The van der Waals surface area contributed by atoms with E-state index in [0.29, 0.717) is 0 Å². The molecule has 0 amide bonds. The molecule has 3 aromatic heterocycles. The molecule has 0 atom stereocenters. The Morgan fingerprint density at radius 3 is 3.06 bits per heavy atom. The molecule has 0 fully saturated rings. The van der Waals surface area contributed by atoms with Crippen LogP contribution in [0.2, 0.25) is 0 Å². The first-order chi connectivity index (χ1) is 8.83. The van der Waals surface area contributed by atoms with Gasteiger partial charge in [-0.25, -0.2) is 4.98 Å². The average Bonchev–Trinajstić information content (AvgIpc) is 3.05. The summed E-state index contributed by atoms with van der Waals surface area (Å²) in [6, 6.07) is 8.21. The Balaban J connectivity index is 2.01. The van der Waals surface area contributed by atoms with E-state index in [4.69, 9.17) is 5.73 Å². The molecule has 88 valence electrons. The molecule has 0 aliphatic rings. The minimum Gasteiger partial charge on any atom is -0.384 e. The Morgan fingerprint density at radius 1 is 1.28 bits per heavy atom. The first-order valence-electron chi connectivity index (χ1n) is 5.61. The van der Waals surface area contributed by atoms with E-state index >= 15 is 0 Å². The highest BCUT2D eigenvalue weighted by molar-refractivity contribution is 7.15. The SMILES string of the molecule is Nc1csc2nc(-c3c[nH]c4ccccc34)cn12. The van der Waals surface area contributed by atoms with E-state index in [-0.39, 0.29) is 0 Å². The number of nitrogens with zero attached hydrogens (tertiary/aromatic N) is 2. The number of aromatic nitrogens is 3. The van der Waals surface area contributed by atoms with Crippen molar-refractivity contribution in [3.8, 4) is 11.3 Å². The summed E-state index contributed by atoms with van der Waals surface area (Å²) in [4.78, 5) is 8.79. The van der Waals surface area contributed by atoms with Crippen LogP contribution in [0.25, 0.3) is 27.1 Å². The van der Waals surface area contributed by atoms with E-state index in [9.17, 15) is 0 Å². The number of fused-ring (bicyclic) bond motifs is 2. The fraction of sp³-hybridized carbons (Fsp3) is 0. The Hall–Kier alpha value is -2.27. The van der Waals surface area contributed by atoms with Gasteiger partial charge in [0.05, 0.1) is 5.69 Å². The molecular formula is C13H10N4S. The minimum absolute atomic E-state index is 0.730. The van der Waals surface area contributed by atoms with Crippen LogP contribution in [-0.2, 0) is 0 Å². The van der Waals surface area contributed by atoms with Crippen LogP contribution in [0.5, 0.6) is 0 Å². The van der Waals surface area contributed by atoms with Crippen molar-refractivity contribution in [2.24, 2.45) is 0 Å². The van der Waals surface area contributed by atoms with E-state index in [1.165, 1.54) is 5.39 Å². The van der Waals surface area contributed by atoms with Crippen molar-refractivity contribution in [1.29, 1.82) is 0 Å². The molecule has 0 saturated carbocycles. The molecule has 0 radical (unpaired) electrons.